The summed E-state index contributed by atoms with van der Waals surface area (Å²) in [5, 5.41) is 2.53. The smallest absolute Gasteiger partial charge is 0.328 e. The Balaban J connectivity index is 1.69. The fraction of sp³-hybridized carbons (Fsp3) is 0.417. The second-order valence-electron chi connectivity index (χ2n) is 8.27. The zero-order valence-electron chi connectivity index (χ0n) is 19.2. The maximum Gasteiger partial charge on any atom is 0.328 e. The molecule has 8 nitrogen and oxygen atoms in total. The summed E-state index contributed by atoms with van der Waals surface area (Å²) in [6.45, 7) is 6.69. The van der Waals surface area contributed by atoms with Crippen LogP contribution in [0.1, 0.15) is 55.2 Å². The number of rotatable bonds is 7. The van der Waals surface area contributed by atoms with E-state index in [1.807, 2.05) is 6.92 Å². The van der Waals surface area contributed by atoms with E-state index >= 15 is 0 Å². The van der Waals surface area contributed by atoms with Gasteiger partial charge in [-0.25, -0.2) is 14.2 Å². The monoisotopic (exact) mass is 458 g/mol. The molecule has 3 atom stereocenters. The number of methoxy groups -OCH3 is 1. The van der Waals surface area contributed by atoms with Crippen molar-refractivity contribution < 1.29 is 33.0 Å². The van der Waals surface area contributed by atoms with Crippen molar-refractivity contribution in [2.45, 2.75) is 52.2 Å². The maximum atomic E-state index is 13.5. The first kappa shape index (κ1) is 24.2. The van der Waals surface area contributed by atoms with Crippen LogP contribution in [0.4, 0.5) is 4.39 Å². The molecule has 3 rings (SSSR count). The molecule has 1 aromatic carbocycles. The van der Waals surface area contributed by atoms with Crippen LogP contribution in [0.15, 0.2) is 30.5 Å². The molecule has 1 N–H and O–H groups in total. The molecule has 0 fully saturated rings. The van der Waals surface area contributed by atoms with E-state index in [0.29, 0.717) is 6.42 Å². The summed E-state index contributed by atoms with van der Waals surface area (Å²) in [5.41, 5.74) is 1.54. The molecule has 33 heavy (non-hydrogen) atoms. The number of halogens is 1. The summed E-state index contributed by atoms with van der Waals surface area (Å²) in [5.74, 6) is -2.78. The molecule has 0 saturated carbocycles. The van der Waals surface area contributed by atoms with Gasteiger partial charge in [-0.3, -0.25) is 9.59 Å². The molecule has 1 amide bonds. The molecule has 2 aromatic rings. The van der Waals surface area contributed by atoms with Crippen molar-refractivity contribution in [1.82, 2.24) is 10.3 Å². The van der Waals surface area contributed by atoms with E-state index in [0.717, 1.165) is 11.1 Å². The molecular formula is C24H27FN2O6. The topological polar surface area (TPSA) is 104 Å². The van der Waals surface area contributed by atoms with Crippen LogP contribution in [0, 0.1) is 11.7 Å². The molecule has 1 aromatic heterocycles. The second kappa shape index (κ2) is 9.97. The van der Waals surface area contributed by atoms with Gasteiger partial charge in [0.2, 0.25) is 5.75 Å². The summed E-state index contributed by atoms with van der Waals surface area (Å²) in [6, 6.07) is 4.97. The third-order valence-corrected chi connectivity index (χ3v) is 5.52. The van der Waals surface area contributed by atoms with Crippen molar-refractivity contribution in [3.8, 4) is 11.5 Å². The maximum absolute atomic E-state index is 13.5. The van der Waals surface area contributed by atoms with E-state index in [4.69, 9.17) is 14.2 Å². The number of carbonyl (C=O) groups is 3. The van der Waals surface area contributed by atoms with Crippen molar-refractivity contribution in [3.63, 3.8) is 0 Å². The summed E-state index contributed by atoms with van der Waals surface area (Å²) < 4.78 is 29.6. The number of esters is 2. The lowest BCUT2D eigenvalue weighted by molar-refractivity contribution is -0.151. The Morgan fingerprint density at radius 1 is 1.15 bits per heavy atom. The third kappa shape index (κ3) is 5.30. The lowest BCUT2D eigenvalue weighted by Gasteiger charge is -2.21. The van der Waals surface area contributed by atoms with Gasteiger partial charge in [0.1, 0.15) is 18.0 Å². The number of hydrogen-bond donors (Lipinski definition) is 1. The van der Waals surface area contributed by atoms with Gasteiger partial charge in [-0.05, 0) is 30.2 Å². The molecule has 9 heteroatoms. The molecule has 1 heterocycles. The van der Waals surface area contributed by atoms with E-state index in [-0.39, 0.29) is 28.9 Å². The number of carbonyl (C=O) groups excluding carboxylic acids is 3. The van der Waals surface area contributed by atoms with Crippen LogP contribution in [-0.2, 0) is 20.7 Å². The van der Waals surface area contributed by atoms with Gasteiger partial charge >= 0.3 is 11.9 Å². The highest BCUT2D eigenvalue weighted by atomic mass is 19.1. The van der Waals surface area contributed by atoms with Crippen LogP contribution in [0.3, 0.4) is 0 Å². The lowest BCUT2D eigenvalue weighted by atomic mass is 10.0. The molecular weight excluding hydrogens is 431 g/mol. The fourth-order valence-corrected chi connectivity index (χ4v) is 3.58. The Labute approximate surface area is 191 Å². The molecule has 176 valence electrons. The van der Waals surface area contributed by atoms with Crippen LogP contribution >= 0.6 is 0 Å². The predicted octanol–water partition coefficient (Wildman–Crippen LogP) is 3.18. The molecule has 0 saturated heterocycles. The first-order valence-corrected chi connectivity index (χ1v) is 10.7. The molecule has 1 aliphatic carbocycles. The lowest BCUT2D eigenvalue weighted by Crippen LogP contribution is -2.41. The first-order valence-electron chi connectivity index (χ1n) is 10.7. The predicted molar refractivity (Wildman–Crippen MR) is 117 cm³/mol. The Morgan fingerprint density at radius 3 is 2.55 bits per heavy atom. The number of pyridine rings is 1. The van der Waals surface area contributed by atoms with E-state index < -0.39 is 35.9 Å². The van der Waals surface area contributed by atoms with Crippen LogP contribution in [0.2, 0.25) is 0 Å². The van der Waals surface area contributed by atoms with E-state index in [9.17, 15) is 18.8 Å². The minimum atomic E-state index is -1.01. The molecule has 0 spiro atoms. The molecule has 0 radical (unpaired) electrons. The number of amides is 1. The van der Waals surface area contributed by atoms with Gasteiger partial charge in [-0.1, -0.05) is 26.8 Å². The van der Waals surface area contributed by atoms with Crippen LogP contribution in [0.25, 0.3) is 0 Å². The molecule has 2 unspecified atom stereocenters. The van der Waals surface area contributed by atoms with Gasteiger partial charge < -0.3 is 19.5 Å². The van der Waals surface area contributed by atoms with E-state index in [2.05, 4.69) is 10.3 Å². The number of nitrogens with one attached hydrogen (secondary N) is 1. The highest BCUT2D eigenvalue weighted by molar-refractivity contribution is 5.98. The van der Waals surface area contributed by atoms with Crippen LogP contribution in [0.5, 0.6) is 11.5 Å². The van der Waals surface area contributed by atoms with Gasteiger partial charge in [-0.15, -0.1) is 0 Å². The summed E-state index contributed by atoms with van der Waals surface area (Å²) in [6.07, 6.45) is 1.26. The van der Waals surface area contributed by atoms with Crippen molar-refractivity contribution in [3.05, 3.63) is 53.1 Å². The van der Waals surface area contributed by atoms with E-state index in [1.165, 1.54) is 38.4 Å². The number of nitrogens with zero attached hydrogens (tertiary/aromatic N) is 1. The van der Waals surface area contributed by atoms with Crippen LogP contribution in [-0.4, -0.2) is 42.1 Å². The number of hydrogen-bond acceptors (Lipinski definition) is 7. The molecule has 1 aliphatic rings. The summed E-state index contributed by atoms with van der Waals surface area (Å²) in [7, 11) is 1.37. The quantitative estimate of drug-likeness (QED) is 0.636. The van der Waals surface area contributed by atoms with Gasteiger partial charge in [-0.2, -0.15) is 0 Å². The number of ether oxygens (including phenoxy) is 3. The Hall–Kier alpha value is -3.49. The van der Waals surface area contributed by atoms with Crippen LogP contribution < -0.4 is 14.8 Å². The SMILES string of the molecule is COc1ccnc(C(=O)N[C@@H](C)C(=O)OC2Cc3cc(F)ccc3C2C)c1OC(=O)C(C)C. The van der Waals surface area contributed by atoms with Crippen molar-refractivity contribution in [1.29, 1.82) is 0 Å². The minimum absolute atomic E-state index is 0.102. The normalized spacial score (nSPS) is 17.8. The standard InChI is InChI=1S/C24H27FN2O6/c1-12(2)23(29)33-21-18(31-5)8-9-26-20(21)22(28)27-14(4)24(30)32-19-11-15-10-16(25)6-7-17(15)13(19)3/h6-10,12-14,19H,11H2,1-5H3,(H,27,28)/t13?,14-,19?/m0/s1. The zero-order chi connectivity index (χ0) is 24.3. The largest absolute Gasteiger partial charge is 0.493 e. The highest BCUT2D eigenvalue weighted by Gasteiger charge is 2.34. The van der Waals surface area contributed by atoms with Crippen molar-refractivity contribution in [2.75, 3.05) is 7.11 Å². The van der Waals surface area contributed by atoms with Crippen molar-refractivity contribution >= 4 is 17.8 Å². The van der Waals surface area contributed by atoms with E-state index in [1.54, 1.807) is 19.9 Å². The van der Waals surface area contributed by atoms with Gasteiger partial charge in [0.05, 0.1) is 13.0 Å². The Morgan fingerprint density at radius 2 is 1.88 bits per heavy atom. The third-order valence-electron chi connectivity index (χ3n) is 5.52. The zero-order valence-corrected chi connectivity index (χ0v) is 19.2. The van der Waals surface area contributed by atoms with Crippen molar-refractivity contribution in [2.24, 2.45) is 5.92 Å². The number of fused-ring (bicyclic) bond motifs is 1. The number of aromatic nitrogens is 1. The Bertz CT molecular complexity index is 1070. The fourth-order valence-electron chi connectivity index (χ4n) is 3.58. The minimum Gasteiger partial charge on any atom is -0.493 e. The first-order chi connectivity index (χ1) is 15.6. The summed E-state index contributed by atoms with van der Waals surface area (Å²) >= 11 is 0. The second-order valence-corrected chi connectivity index (χ2v) is 8.27. The Kier molecular flexibility index (Phi) is 7.30. The average molecular weight is 458 g/mol. The average Bonchev–Trinajstić information content (AvgIpc) is 3.07. The number of benzene rings is 1. The van der Waals surface area contributed by atoms with Gasteiger partial charge in [0.25, 0.3) is 5.91 Å². The summed E-state index contributed by atoms with van der Waals surface area (Å²) in [4.78, 5) is 41.6. The highest BCUT2D eigenvalue weighted by Crippen LogP contribution is 2.35. The molecule has 0 bridgehead atoms. The van der Waals surface area contributed by atoms with Gasteiger partial charge in [0, 0.05) is 24.6 Å². The molecule has 0 aliphatic heterocycles. The van der Waals surface area contributed by atoms with Gasteiger partial charge in [0.15, 0.2) is 11.4 Å².